The number of benzene rings is 2. The predicted octanol–water partition coefficient (Wildman–Crippen LogP) is 4.26. The Hall–Kier alpha value is -2.47. The van der Waals surface area contributed by atoms with Crippen molar-refractivity contribution in [2.75, 3.05) is 19.4 Å². The molecule has 2 amide bonds. The monoisotopic (exact) mass is 428 g/mol. The number of carbonyl (C=O) groups excluding carboxylic acids is 2. The summed E-state index contributed by atoms with van der Waals surface area (Å²) in [5.41, 5.74) is 2.15. The van der Waals surface area contributed by atoms with Crippen LogP contribution in [0.15, 0.2) is 54.6 Å². The van der Waals surface area contributed by atoms with E-state index in [1.165, 1.54) is 5.56 Å². The van der Waals surface area contributed by atoms with Gasteiger partial charge in [0.1, 0.15) is 11.8 Å². The third-order valence-electron chi connectivity index (χ3n) is 4.85. The van der Waals surface area contributed by atoms with Gasteiger partial charge in [-0.15, -0.1) is 11.8 Å². The molecule has 0 aliphatic heterocycles. The quantitative estimate of drug-likeness (QED) is 0.513. The molecule has 1 atom stereocenters. The fourth-order valence-corrected chi connectivity index (χ4v) is 3.83. The summed E-state index contributed by atoms with van der Waals surface area (Å²) >= 11 is 1.57. The summed E-state index contributed by atoms with van der Waals surface area (Å²) in [5.74, 6) is 1.71. The van der Waals surface area contributed by atoms with Crippen molar-refractivity contribution < 1.29 is 14.3 Å². The Morgan fingerprint density at radius 2 is 1.77 bits per heavy atom. The highest BCUT2D eigenvalue weighted by Gasteiger charge is 2.25. The second-order valence-corrected chi connectivity index (χ2v) is 8.15. The van der Waals surface area contributed by atoms with Gasteiger partial charge in [0.15, 0.2) is 0 Å². The first-order valence-corrected chi connectivity index (χ1v) is 11.5. The molecular weight excluding hydrogens is 396 g/mol. The molecule has 0 fully saturated rings. The number of carbonyl (C=O) groups is 2. The summed E-state index contributed by atoms with van der Waals surface area (Å²) in [4.78, 5) is 27.3. The SMILES string of the molecule is CCCCNC(=O)[C@H](C)N(Cc1ccc(OC)cc1)C(=O)CSCc1ccccc1. The molecule has 0 aliphatic rings. The molecule has 2 aromatic carbocycles. The number of rotatable bonds is 12. The van der Waals surface area contributed by atoms with E-state index in [4.69, 9.17) is 4.74 Å². The van der Waals surface area contributed by atoms with Crippen molar-refractivity contribution in [3.63, 3.8) is 0 Å². The number of hydrogen-bond acceptors (Lipinski definition) is 4. The van der Waals surface area contributed by atoms with Crippen LogP contribution in [-0.4, -0.2) is 42.2 Å². The molecule has 2 aromatic rings. The van der Waals surface area contributed by atoms with Crippen molar-refractivity contribution in [1.82, 2.24) is 10.2 Å². The summed E-state index contributed by atoms with van der Waals surface area (Å²) in [6.07, 6.45) is 1.94. The van der Waals surface area contributed by atoms with E-state index in [0.29, 0.717) is 18.8 Å². The van der Waals surface area contributed by atoms with Crippen molar-refractivity contribution in [2.45, 2.75) is 45.0 Å². The molecule has 0 aliphatic carbocycles. The third-order valence-corrected chi connectivity index (χ3v) is 5.83. The second kappa shape index (κ2) is 13.0. The van der Waals surface area contributed by atoms with Gasteiger partial charge in [0, 0.05) is 18.8 Å². The first-order chi connectivity index (χ1) is 14.5. The van der Waals surface area contributed by atoms with Crippen LogP contribution in [0.3, 0.4) is 0 Å². The lowest BCUT2D eigenvalue weighted by molar-refractivity contribution is -0.138. The lowest BCUT2D eigenvalue weighted by atomic mass is 10.1. The lowest BCUT2D eigenvalue weighted by Crippen LogP contribution is -2.48. The van der Waals surface area contributed by atoms with Crippen molar-refractivity contribution in [2.24, 2.45) is 0 Å². The minimum atomic E-state index is -0.534. The molecule has 0 unspecified atom stereocenters. The number of nitrogens with zero attached hydrogens (tertiary/aromatic N) is 1. The van der Waals surface area contributed by atoms with Crippen molar-refractivity contribution in [1.29, 1.82) is 0 Å². The van der Waals surface area contributed by atoms with Crippen LogP contribution in [0.1, 0.15) is 37.8 Å². The fourth-order valence-electron chi connectivity index (χ4n) is 2.96. The largest absolute Gasteiger partial charge is 0.497 e. The molecular formula is C24H32N2O3S. The van der Waals surface area contributed by atoms with Crippen LogP contribution in [0.25, 0.3) is 0 Å². The van der Waals surface area contributed by atoms with Crippen LogP contribution in [-0.2, 0) is 21.9 Å². The zero-order valence-corrected chi connectivity index (χ0v) is 18.9. The van der Waals surface area contributed by atoms with Gasteiger partial charge in [-0.25, -0.2) is 0 Å². The van der Waals surface area contributed by atoms with Gasteiger partial charge in [-0.3, -0.25) is 9.59 Å². The average molecular weight is 429 g/mol. The number of nitrogens with one attached hydrogen (secondary N) is 1. The fraction of sp³-hybridized carbons (Fsp3) is 0.417. The summed E-state index contributed by atoms with van der Waals surface area (Å²) in [7, 11) is 1.62. The van der Waals surface area contributed by atoms with Crippen molar-refractivity contribution >= 4 is 23.6 Å². The van der Waals surface area contributed by atoms with Crippen LogP contribution >= 0.6 is 11.8 Å². The molecule has 30 heavy (non-hydrogen) atoms. The van der Waals surface area contributed by atoms with Gasteiger partial charge >= 0.3 is 0 Å². The van der Waals surface area contributed by atoms with E-state index in [1.807, 2.05) is 42.5 Å². The Morgan fingerprint density at radius 3 is 2.40 bits per heavy atom. The van der Waals surface area contributed by atoms with Crippen LogP contribution in [0.4, 0.5) is 0 Å². The summed E-state index contributed by atoms with van der Waals surface area (Å²) in [6.45, 7) is 4.90. The minimum absolute atomic E-state index is 0.0371. The zero-order chi connectivity index (χ0) is 21.8. The van der Waals surface area contributed by atoms with Crippen molar-refractivity contribution in [3.8, 4) is 5.75 Å². The van der Waals surface area contributed by atoms with Gasteiger partial charge in [0.05, 0.1) is 12.9 Å². The van der Waals surface area contributed by atoms with Crippen LogP contribution in [0.5, 0.6) is 5.75 Å². The van der Waals surface area contributed by atoms with Crippen LogP contribution < -0.4 is 10.1 Å². The topological polar surface area (TPSA) is 58.6 Å². The van der Waals surface area contributed by atoms with Gasteiger partial charge in [-0.2, -0.15) is 0 Å². The van der Waals surface area contributed by atoms with Crippen LogP contribution in [0.2, 0.25) is 0 Å². The number of unbranched alkanes of at least 4 members (excludes halogenated alkanes) is 1. The Balaban J connectivity index is 2.03. The third kappa shape index (κ3) is 7.75. The Kier molecular flexibility index (Phi) is 10.3. The number of thioether (sulfide) groups is 1. The highest BCUT2D eigenvalue weighted by Crippen LogP contribution is 2.17. The maximum absolute atomic E-state index is 13.0. The van der Waals surface area contributed by atoms with Gasteiger partial charge < -0.3 is 15.0 Å². The number of amides is 2. The Bertz CT molecular complexity index is 781. The number of methoxy groups -OCH3 is 1. The van der Waals surface area contributed by atoms with Gasteiger partial charge in [0.25, 0.3) is 0 Å². The summed E-state index contributed by atoms with van der Waals surface area (Å²) < 4.78 is 5.21. The number of ether oxygens (including phenoxy) is 1. The van der Waals surface area contributed by atoms with E-state index in [9.17, 15) is 9.59 Å². The molecule has 162 valence electrons. The van der Waals surface area contributed by atoms with E-state index < -0.39 is 6.04 Å². The Labute approximate surface area is 184 Å². The molecule has 0 saturated carbocycles. The maximum atomic E-state index is 13.0. The van der Waals surface area contributed by atoms with Crippen LogP contribution in [0, 0.1) is 0 Å². The standard InChI is InChI=1S/C24H32N2O3S/c1-4-5-15-25-24(28)19(2)26(16-20-11-13-22(29-3)14-12-20)23(27)18-30-17-21-9-7-6-8-10-21/h6-14,19H,4-5,15-18H2,1-3H3,(H,25,28)/t19-/m0/s1. The van der Waals surface area contributed by atoms with E-state index >= 15 is 0 Å². The van der Waals surface area contributed by atoms with E-state index in [1.54, 1.807) is 30.7 Å². The van der Waals surface area contributed by atoms with Gasteiger partial charge in [-0.1, -0.05) is 55.8 Å². The molecule has 5 nitrogen and oxygen atoms in total. The maximum Gasteiger partial charge on any atom is 0.242 e. The smallest absolute Gasteiger partial charge is 0.242 e. The molecule has 0 aromatic heterocycles. The zero-order valence-electron chi connectivity index (χ0n) is 18.1. The number of hydrogen-bond donors (Lipinski definition) is 1. The normalized spacial score (nSPS) is 11.6. The molecule has 0 spiro atoms. The minimum Gasteiger partial charge on any atom is -0.497 e. The summed E-state index contributed by atoms with van der Waals surface area (Å²) in [5, 5.41) is 2.95. The highest BCUT2D eigenvalue weighted by molar-refractivity contribution is 7.99. The molecule has 0 saturated heterocycles. The van der Waals surface area contributed by atoms with E-state index in [-0.39, 0.29) is 11.8 Å². The molecule has 6 heteroatoms. The first-order valence-electron chi connectivity index (χ1n) is 10.4. The predicted molar refractivity (Wildman–Crippen MR) is 124 cm³/mol. The average Bonchev–Trinajstić information content (AvgIpc) is 2.78. The van der Waals surface area contributed by atoms with E-state index in [0.717, 1.165) is 29.9 Å². The molecule has 1 N–H and O–H groups in total. The first kappa shape index (κ1) is 23.8. The molecule has 0 bridgehead atoms. The molecule has 0 heterocycles. The Morgan fingerprint density at radius 1 is 1.07 bits per heavy atom. The second-order valence-electron chi connectivity index (χ2n) is 7.17. The van der Waals surface area contributed by atoms with Gasteiger partial charge in [0.2, 0.25) is 11.8 Å². The molecule has 2 rings (SSSR count). The van der Waals surface area contributed by atoms with Crippen molar-refractivity contribution in [3.05, 3.63) is 65.7 Å². The molecule has 0 radical (unpaired) electrons. The van der Waals surface area contributed by atoms with Gasteiger partial charge in [-0.05, 0) is 36.6 Å². The lowest BCUT2D eigenvalue weighted by Gasteiger charge is -2.29. The van der Waals surface area contributed by atoms with E-state index in [2.05, 4.69) is 24.4 Å². The summed E-state index contributed by atoms with van der Waals surface area (Å²) in [6, 6.07) is 17.1. The highest BCUT2D eigenvalue weighted by atomic mass is 32.2.